The molecular formula is C32H32N6O7S6. The van der Waals surface area contributed by atoms with Crippen LogP contribution in [0.5, 0.6) is 0 Å². The topological polar surface area (TPSA) is 166 Å². The number of benzene rings is 2. The molecule has 0 aliphatic carbocycles. The van der Waals surface area contributed by atoms with E-state index < -0.39 is 79.2 Å². The number of fused-ring (bicyclic) bond motifs is 13. The molecule has 8 saturated heterocycles. The summed E-state index contributed by atoms with van der Waals surface area (Å²) < 4.78 is 0. The molecule has 2 aromatic rings. The molecule has 2 spiro atoms. The minimum absolute atomic E-state index is 0.304. The lowest BCUT2D eigenvalue weighted by Gasteiger charge is -2.60. The molecule has 4 amide bonds. The predicted octanol–water partition coefficient (Wildman–Crippen LogP) is 2.24. The van der Waals surface area contributed by atoms with Crippen LogP contribution in [0.2, 0.25) is 0 Å². The summed E-state index contributed by atoms with van der Waals surface area (Å²) in [4.78, 5) is 59.2. The fourth-order valence-corrected chi connectivity index (χ4v) is 22.4. The Balaban J connectivity index is 1.34. The Bertz CT molecular complexity index is 2020. The molecule has 0 aromatic heterocycles. The van der Waals surface area contributed by atoms with E-state index in [-0.39, 0.29) is 11.8 Å². The van der Waals surface area contributed by atoms with Crippen molar-refractivity contribution in [2.75, 3.05) is 31.3 Å². The molecule has 1 unspecified atom stereocenters. The van der Waals surface area contributed by atoms with E-state index in [0.717, 1.165) is 21.6 Å². The van der Waals surface area contributed by atoms with Crippen LogP contribution in [-0.4, -0.2) is 123 Å². The Morgan fingerprint density at radius 1 is 0.686 bits per heavy atom. The molecule has 12 rings (SSSR count). The van der Waals surface area contributed by atoms with E-state index in [9.17, 15) is 20.1 Å². The van der Waals surface area contributed by atoms with Crippen LogP contribution in [-0.2, 0) is 30.0 Å². The quantitative estimate of drug-likeness (QED) is 0.287. The van der Waals surface area contributed by atoms with Crippen molar-refractivity contribution in [2.24, 2.45) is 5.92 Å². The van der Waals surface area contributed by atoms with Crippen LogP contribution in [0.1, 0.15) is 25.0 Å². The minimum atomic E-state index is -1.93. The van der Waals surface area contributed by atoms with E-state index in [2.05, 4.69) is 10.6 Å². The van der Waals surface area contributed by atoms with E-state index in [4.69, 9.17) is 0 Å². The van der Waals surface area contributed by atoms with Crippen molar-refractivity contribution in [1.29, 1.82) is 0 Å². The smallest absolute Gasteiger partial charge is 0.265 e. The molecule has 4 bridgehead atoms. The second-order valence-corrected chi connectivity index (χ2v) is 23.2. The summed E-state index contributed by atoms with van der Waals surface area (Å²) in [5.41, 5.74) is -1.21. The molecule has 19 heteroatoms. The van der Waals surface area contributed by atoms with Gasteiger partial charge in [-0.1, -0.05) is 61.0 Å². The molecule has 10 heterocycles. The van der Waals surface area contributed by atoms with E-state index >= 15 is 14.4 Å². The number of nitrogens with zero attached hydrogens (tertiary/aromatic N) is 4. The van der Waals surface area contributed by atoms with Crippen LogP contribution < -0.4 is 10.6 Å². The number of aliphatic hydroxyl groups is 3. The van der Waals surface area contributed by atoms with Crippen LogP contribution in [0.3, 0.4) is 0 Å². The highest BCUT2D eigenvalue weighted by atomic mass is 33.7. The standard InChI is InChI=1S/C32H32N6O7S6/c1-14(2)30-26(45)38-22-28(15-9-5-8-12-18(15)34-22,19(40)31(38,48-47-30)25(44)36(30)4)29-16-10-6-7-11-17(16)33-21(29)37-23(42)27(13-39)35(3)24(43)32(37,20(29)41)49-51-50-46-27/h5-12,14,19-22,33-34,39-41H,13H2,1-4H3/t19-,20-,21-,22+,27+,28+,29?,30-,31-,32+/m0/s1. The molecule has 10 aliphatic rings. The van der Waals surface area contributed by atoms with Crippen molar-refractivity contribution < 1.29 is 34.5 Å². The van der Waals surface area contributed by atoms with Crippen molar-refractivity contribution in [3.05, 3.63) is 59.7 Å². The van der Waals surface area contributed by atoms with E-state index in [1.807, 2.05) is 62.4 Å². The number of nitrogens with one attached hydrogen (secondary N) is 2. The normalized spacial score (nSPS) is 44.2. The lowest BCUT2D eigenvalue weighted by atomic mass is 9.52. The number of para-hydroxylation sites is 2. The van der Waals surface area contributed by atoms with Gasteiger partial charge in [-0.3, -0.25) is 29.0 Å². The summed E-state index contributed by atoms with van der Waals surface area (Å²) in [7, 11) is 10.1. The average molecular weight is 805 g/mol. The van der Waals surface area contributed by atoms with E-state index in [1.165, 1.54) is 67.9 Å². The Morgan fingerprint density at radius 3 is 1.73 bits per heavy atom. The number of carbonyl (C=O) groups excluding carboxylic acids is 4. The predicted molar refractivity (Wildman–Crippen MR) is 201 cm³/mol. The Labute approximate surface area is 315 Å². The van der Waals surface area contributed by atoms with Crippen molar-refractivity contribution in [2.45, 2.75) is 68.7 Å². The summed E-state index contributed by atoms with van der Waals surface area (Å²) in [5, 5.41) is 45.1. The first-order chi connectivity index (χ1) is 24.3. The number of piperazine rings is 2. The summed E-state index contributed by atoms with van der Waals surface area (Å²) in [6.45, 7) is 3.11. The maximum atomic E-state index is 15.2. The van der Waals surface area contributed by atoms with Gasteiger partial charge in [-0.2, -0.15) is 0 Å². The van der Waals surface area contributed by atoms with Gasteiger partial charge in [-0.25, -0.2) is 0 Å². The van der Waals surface area contributed by atoms with Crippen molar-refractivity contribution in [1.82, 2.24) is 19.6 Å². The van der Waals surface area contributed by atoms with Crippen molar-refractivity contribution in [3.63, 3.8) is 0 Å². The molecule has 10 aliphatic heterocycles. The molecule has 8 fully saturated rings. The van der Waals surface area contributed by atoms with Gasteiger partial charge in [-0.15, -0.1) is 0 Å². The number of aliphatic hydroxyl groups excluding tert-OH is 3. The van der Waals surface area contributed by atoms with Gasteiger partial charge in [0.1, 0.15) is 24.5 Å². The van der Waals surface area contributed by atoms with Crippen LogP contribution in [0.25, 0.3) is 0 Å². The lowest BCUT2D eigenvalue weighted by molar-refractivity contribution is -0.169. The number of hydrogen-bond acceptors (Lipinski definition) is 15. The van der Waals surface area contributed by atoms with Crippen LogP contribution in [0.4, 0.5) is 11.4 Å². The van der Waals surface area contributed by atoms with Crippen molar-refractivity contribution >= 4 is 97.8 Å². The number of likely N-dealkylation sites (N-methyl/N-ethyl adjacent to an activating group) is 2. The molecule has 0 radical (unpaired) electrons. The third-order valence-electron chi connectivity index (χ3n) is 12.7. The Hall–Kier alpha value is -2.10. The maximum Gasteiger partial charge on any atom is 0.265 e. The highest BCUT2D eigenvalue weighted by molar-refractivity contribution is 9.26. The van der Waals surface area contributed by atoms with Gasteiger partial charge < -0.3 is 35.8 Å². The van der Waals surface area contributed by atoms with Gasteiger partial charge in [0, 0.05) is 25.5 Å². The highest BCUT2D eigenvalue weighted by Gasteiger charge is 2.92. The molecule has 10 atom stereocenters. The molecule has 2 aromatic carbocycles. The molecule has 51 heavy (non-hydrogen) atoms. The summed E-state index contributed by atoms with van der Waals surface area (Å²) in [6, 6.07) is 14.6. The van der Waals surface area contributed by atoms with E-state index in [0.29, 0.717) is 22.5 Å². The summed E-state index contributed by atoms with van der Waals surface area (Å²) in [6.07, 6.45) is -5.63. The van der Waals surface area contributed by atoms with Crippen LogP contribution in [0, 0.1) is 5.92 Å². The number of hydrogen-bond donors (Lipinski definition) is 5. The zero-order valence-electron chi connectivity index (χ0n) is 27.4. The summed E-state index contributed by atoms with van der Waals surface area (Å²) >= 11 is 0. The van der Waals surface area contributed by atoms with Crippen LogP contribution >= 0.6 is 62.8 Å². The zero-order chi connectivity index (χ0) is 35.8. The number of carbonyl (C=O) groups is 4. The largest absolute Gasteiger partial charge is 0.392 e. The van der Waals surface area contributed by atoms with Gasteiger partial charge in [0.25, 0.3) is 23.6 Å². The highest BCUT2D eigenvalue weighted by Crippen LogP contribution is 2.78. The molecule has 5 N–H and O–H groups in total. The number of amides is 4. The number of rotatable bonds is 3. The average Bonchev–Trinajstić information content (AvgIpc) is 3.77. The Kier molecular flexibility index (Phi) is 6.66. The van der Waals surface area contributed by atoms with Gasteiger partial charge in [0.2, 0.25) is 14.6 Å². The fourth-order valence-electron chi connectivity index (χ4n) is 10.5. The second kappa shape index (κ2) is 10.1. The first-order valence-corrected chi connectivity index (χ1v) is 23.3. The zero-order valence-corrected chi connectivity index (χ0v) is 32.3. The minimum Gasteiger partial charge on any atom is -0.392 e. The third kappa shape index (κ3) is 3.05. The van der Waals surface area contributed by atoms with Crippen molar-refractivity contribution in [3.8, 4) is 0 Å². The van der Waals surface area contributed by atoms with Gasteiger partial charge in [0.05, 0.1) is 17.4 Å². The molecular weight excluding hydrogens is 773 g/mol. The molecule has 0 saturated carbocycles. The molecule has 268 valence electrons. The van der Waals surface area contributed by atoms with E-state index in [1.54, 1.807) is 7.05 Å². The third-order valence-corrected chi connectivity index (χ3v) is 23.9. The first kappa shape index (κ1) is 33.5. The number of anilines is 2. The SMILES string of the molecule is CC(C)[C@@]12SS[C@]3(C(=O)N1C)[C@@H](O)[C@]1(C45c6ccccc6N[C@H]4N4C(=O)[C@@]6(CO)SSSS[C@@]4(C(=O)N6C)[C@H]5O)c4ccccc4N[C@@H]1N3C2=O. The fraction of sp³-hybridized carbons (Fsp3) is 0.500. The van der Waals surface area contributed by atoms with Gasteiger partial charge in [-0.05, 0) is 81.2 Å². The second-order valence-electron chi connectivity index (χ2n) is 14.5. The van der Waals surface area contributed by atoms with Gasteiger partial charge in [0.15, 0.2) is 4.87 Å². The van der Waals surface area contributed by atoms with Gasteiger partial charge >= 0.3 is 0 Å². The molecule has 13 nitrogen and oxygen atoms in total. The van der Waals surface area contributed by atoms with Crippen LogP contribution in [0.15, 0.2) is 48.5 Å². The first-order valence-electron chi connectivity index (χ1n) is 16.3. The summed E-state index contributed by atoms with van der Waals surface area (Å²) in [5.74, 6) is -2.23. The Morgan fingerprint density at radius 2 is 1.18 bits per heavy atom. The lowest BCUT2D eigenvalue weighted by Crippen LogP contribution is -2.79. The monoisotopic (exact) mass is 804 g/mol. The maximum absolute atomic E-state index is 15.2.